The fourth-order valence-corrected chi connectivity index (χ4v) is 3.92. The number of pyridine rings is 1. The summed E-state index contributed by atoms with van der Waals surface area (Å²) in [6.45, 7) is 5.46. The molecule has 1 fully saturated rings. The van der Waals surface area contributed by atoms with Crippen molar-refractivity contribution in [1.29, 1.82) is 0 Å². The number of carbonyl (C=O) groups excluding carboxylic acids is 1. The van der Waals surface area contributed by atoms with Gasteiger partial charge in [0.15, 0.2) is 5.65 Å². The number of nitrogens with zero attached hydrogens (tertiary/aromatic N) is 4. The lowest BCUT2D eigenvalue weighted by Crippen LogP contribution is -2.38. The van der Waals surface area contributed by atoms with Gasteiger partial charge in [-0.2, -0.15) is 0 Å². The molecule has 0 saturated carbocycles. The van der Waals surface area contributed by atoms with Crippen molar-refractivity contribution >= 4 is 40.0 Å². The summed E-state index contributed by atoms with van der Waals surface area (Å²) >= 11 is 6.15. The number of aromatic nitrogens is 3. The van der Waals surface area contributed by atoms with Crippen molar-refractivity contribution in [2.45, 2.75) is 26.7 Å². The van der Waals surface area contributed by atoms with E-state index in [0.717, 1.165) is 48.5 Å². The van der Waals surface area contributed by atoms with Gasteiger partial charge in [-0.1, -0.05) is 11.6 Å². The second-order valence-electron chi connectivity index (χ2n) is 7.53. The molecule has 3 heterocycles. The van der Waals surface area contributed by atoms with E-state index in [1.54, 1.807) is 25.3 Å². The number of anilines is 2. The molecule has 30 heavy (non-hydrogen) atoms. The summed E-state index contributed by atoms with van der Waals surface area (Å²) in [5.41, 5.74) is 4.96. The molecule has 1 amide bonds. The Kier molecular flexibility index (Phi) is 5.72. The van der Waals surface area contributed by atoms with Gasteiger partial charge in [0.2, 0.25) is 5.91 Å². The van der Waals surface area contributed by atoms with Crippen LogP contribution in [0.2, 0.25) is 5.02 Å². The number of hydrogen-bond donors (Lipinski definition) is 1. The first kappa shape index (κ1) is 20.3. The zero-order valence-corrected chi connectivity index (χ0v) is 18.0. The Morgan fingerprint density at radius 3 is 2.60 bits per heavy atom. The van der Waals surface area contributed by atoms with Gasteiger partial charge in [0.05, 0.1) is 35.4 Å². The fraction of sp³-hybridized carbons (Fsp3) is 0.364. The summed E-state index contributed by atoms with van der Waals surface area (Å²) < 4.78 is 5.15. The van der Waals surface area contributed by atoms with Gasteiger partial charge in [-0.3, -0.25) is 4.79 Å². The molecule has 1 aliphatic rings. The Morgan fingerprint density at radius 1 is 1.17 bits per heavy atom. The molecule has 156 valence electrons. The molecule has 1 aliphatic heterocycles. The second-order valence-corrected chi connectivity index (χ2v) is 7.94. The Labute approximate surface area is 180 Å². The van der Waals surface area contributed by atoms with Crippen molar-refractivity contribution in [1.82, 2.24) is 15.0 Å². The van der Waals surface area contributed by atoms with Crippen LogP contribution >= 0.6 is 11.6 Å². The monoisotopic (exact) mass is 425 g/mol. The normalized spacial score (nSPS) is 14.7. The average Bonchev–Trinajstić information content (AvgIpc) is 2.74. The van der Waals surface area contributed by atoms with Crippen LogP contribution in [0.5, 0.6) is 5.75 Å². The molecule has 1 N–H and O–H groups in total. The number of rotatable bonds is 4. The van der Waals surface area contributed by atoms with Gasteiger partial charge in [-0.25, -0.2) is 15.0 Å². The first-order valence-corrected chi connectivity index (χ1v) is 10.3. The zero-order valence-electron chi connectivity index (χ0n) is 17.3. The molecule has 0 radical (unpaired) electrons. The number of hydrogen-bond acceptors (Lipinski definition) is 6. The van der Waals surface area contributed by atoms with E-state index >= 15 is 0 Å². The minimum absolute atomic E-state index is 0.0180. The van der Waals surface area contributed by atoms with Gasteiger partial charge in [0.1, 0.15) is 11.3 Å². The molecule has 0 aliphatic carbocycles. The van der Waals surface area contributed by atoms with Crippen molar-refractivity contribution in [3.63, 3.8) is 0 Å². The Bertz CT molecular complexity index is 1100. The molecule has 7 nitrogen and oxygen atoms in total. The van der Waals surface area contributed by atoms with Gasteiger partial charge >= 0.3 is 0 Å². The van der Waals surface area contributed by atoms with Gasteiger partial charge < -0.3 is 15.0 Å². The van der Waals surface area contributed by atoms with Crippen molar-refractivity contribution in [3.05, 3.63) is 46.9 Å². The third-order valence-electron chi connectivity index (χ3n) is 5.57. The lowest BCUT2D eigenvalue weighted by atomic mass is 9.95. The molecule has 0 atom stereocenters. The molecule has 8 heteroatoms. The minimum Gasteiger partial charge on any atom is -0.495 e. The number of ether oxygens (including phenoxy) is 1. The number of amides is 1. The highest BCUT2D eigenvalue weighted by molar-refractivity contribution is 6.32. The molecule has 3 aromatic rings. The first-order valence-electron chi connectivity index (χ1n) is 9.95. The molecule has 0 unspecified atom stereocenters. The number of methoxy groups -OCH3 is 1. The van der Waals surface area contributed by atoms with Gasteiger partial charge in [0, 0.05) is 24.7 Å². The Hall–Kier alpha value is -2.93. The predicted octanol–water partition coefficient (Wildman–Crippen LogP) is 4.16. The fourth-order valence-electron chi connectivity index (χ4n) is 3.67. The molecular weight excluding hydrogens is 402 g/mol. The van der Waals surface area contributed by atoms with Crippen LogP contribution in [0.25, 0.3) is 11.2 Å². The lowest BCUT2D eigenvalue weighted by molar-refractivity contribution is -0.120. The maximum Gasteiger partial charge on any atom is 0.227 e. The summed E-state index contributed by atoms with van der Waals surface area (Å²) in [6, 6.07) is 7.28. The van der Waals surface area contributed by atoms with E-state index in [1.807, 2.05) is 26.1 Å². The maximum absolute atomic E-state index is 12.7. The number of fused-ring (bicyclic) bond motifs is 1. The number of aryl methyl sites for hydroxylation is 2. The number of carbonyl (C=O) groups is 1. The van der Waals surface area contributed by atoms with E-state index in [1.165, 1.54) is 0 Å². The van der Waals surface area contributed by atoms with Crippen molar-refractivity contribution < 1.29 is 9.53 Å². The van der Waals surface area contributed by atoms with E-state index < -0.39 is 0 Å². The number of piperidine rings is 1. The van der Waals surface area contributed by atoms with Crippen LogP contribution in [0.1, 0.15) is 24.2 Å². The number of benzene rings is 1. The number of halogens is 1. The Morgan fingerprint density at radius 2 is 1.90 bits per heavy atom. The third-order valence-corrected chi connectivity index (χ3v) is 5.86. The second kappa shape index (κ2) is 8.44. The predicted molar refractivity (Wildman–Crippen MR) is 118 cm³/mol. The van der Waals surface area contributed by atoms with E-state index in [-0.39, 0.29) is 11.8 Å². The molecule has 4 rings (SSSR count). The summed E-state index contributed by atoms with van der Waals surface area (Å²) in [5, 5.41) is 3.44. The van der Waals surface area contributed by atoms with Crippen LogP contribution in [0.15, 0.2) is 30.5 Å². The van der Waals surface area contributed by atoms with E-state index in [2.05, 4.69) is 25.2 Å². The SMILES string of the molecule is COc1ccc(NC(=O)C2CCN(c3cnc4nc(C)c(C)nc4c3)CC2)cc1Cl. The number of nitrogens with one attached hydrogen (secondary N) is 1. The zero-order chi connectivity index (χ0) is 21.3. The van der Waals surface area contributed by atoms with Gasteiger partial charge in [-0.15, -0.1) is 0 Å². The van der Waals surface area contributed by atoms with Crippen LogP contribution in [0, 0.1) is 19.8 Å². The van der Waals surface area contributed by atoms with Gasteiger partial charge in [-0.05, 0) is 51.0 Å². The van der Waals surface area contributed by atoms with Crippen LogP contribution in [-0.2, 0) is 4.79 Å². The molecule has 2 aromatic heterocycles. The van der Waals surface area contributed by atoms with Crippen LogP contribution in [0.4, 0.5) is 11.4 Å². The standard InChI is InChI=1S/C22H24ClN5O2/c1-13-14(2)26-21-19(25-13)11-17(12-24-21)28-8-6-15(7-9-28)22(29)27-16-4-5-20(30-3)18(23)10-16/h4-5,10-12,15H,6-9H2,1-3H3,(H,27,29). The summed E-state index contributed by atoms with van der Waals surface area (Å²) in [4.78, 5) is 28.5. The first-order chi connectivity index (χ1) is 14.4. The average molecular weight is 426 g/mol. The highest BCUT2D eigenvalue weighted by Gasteiger charge is 2.25. The molecule has 1 aromatic carbocycles. The van der Waals surface area contributed by atoms with Crippen molar-refractivity contribution in [2.75, 3.05) is 30.4 Å². The van der Waals surface area contributed by atoms with E-state index in [4.69, 9.17) is 16.3 Å². The molecule has 0 spiro atoms. The van der Waals surface area contributed by atoms with Crippen molar-refractivity contribution in [3.8, 4) is 5.75 Å². The van der Waals surface area contributed by atoms with Gasteiger partial charge in [0.25, 0.3) is 0 Å². The molecule has 1 saturated heterocycles. The highest BCUT2D eigenvalue weighted by Crippen LogP contribution is 2.29. The summed E-state index contributed by atoms with van der Waals surface area (Å²) in [5.74, 6) is 0.562. The molecule has 0 bridgehead atoms. The maximum atomic E-state index is 12.7. The smallest absolute Gasteiger partial charge is 0.227 e. The highest BCUT2D eigenvalue weighted by atomic mass is 35.5. The Balaban J connectivity index is 1.39. The van der Waals surface area contributed by atoms with Crippen LogP contribution in [-0.4, -0.2) is 41.1 Å². The van der Waals surface area contributed by atoms with Crippen LogP contribution < -0.4 is 15.0 Å². The van der Waals surface area contributed by atoms with Crippen LogP contribution in [0.3, 0.4) is 0 Å². The molecular formula is C22H24ClN5O2. The summed E-state index contributed by atoms with van der Waals surface area (Å²) in [7, 11) is 1.56. The van der Waals surface area contributed by atoms with E-state index in [9.17, 15) is 4.79 Å². The van der Waals surface area contributed by atoms with Crippen molar-refractivity contribution in [2.24, 2.45) is 5.92 Å². The topological polar surface area (TPSA) is 80.2 Å². The van der Waals surface area contributed by atoms with E-state index in [0.29, 0.717) is 22.1 Å². The largest absolute Gasteiger partial charge is 0.495 e. The summed E-state index contributed by atoms with van der Waals surface area (Å²) in [6.07, 6.45) is 3.38. The quantitative estimate of drug-likeness (QED) is 0.676. The third kappa shape index (κ3) is 4.16. The lowest BCUT2D eigenvalue weighted by Gasteiger charge is -2.32. The minimum atomic E-state index is -0.0415.